The molecule has 0 bridgehead atoms. The molecule has 1 aliphatic rings. The topological polar surface area (TPSA) is 103 Å². The summed E-state index contributed by atoms with van der Waals surface area (Å²) in [5.41, 5.74) is 1.69. The van der Waals surface area contributed by atoms with Gasteiger partial charge in [0.1, 0.15) is 0 Å². The summed E-state index contributed by atoms with van der Waals surface area (Å²) in [5, 5.41) is 8.94. The van der Waals surface area contributed by atoms with Gasteiger partial charge in [0.2, 0.25) is 10.0 Å². The number of amides is 1. The molecule has 0 saturated carbocycles. The van der Waals surface area contributed by atoms with Gasteiger partial charge in [0.25, 0.3) is 5.91 Å². The first-order chi connectivity index (χ1) is 12.5. The van der Waals surface area contributed by atoms with Crippen molar-refractivity contribution in [2.75, 3.05) is 46.0 Å². The molecule has 1 heterocycles. The van der Waals surface area contributed by atoms with Crippen LogP contribution in [0.2, 0.25) is 0 Å². The van der Waals surface area contributed by atoms with Crippen molar-refractivity contribution in [1.29, 1.82) is 0 Å². The van der Waals surface area contributed by atoms with Crippen LogP contribution in [-0.4, -0.2) is 70.6 Å². The normalized spacial score (nSPS) is 17.1. The van der Waals surface area contributed by atoms with Gasteiger partial charge in [-0.2, -0.15) is 0 Å². The van der Waals surface area contributed by atoms with E-state index in [1.54, 1.807) is 20.2 Å². The quantitative estimate of drug-likeness (QED) is 0.448. The van der Waals surface area contributed by atoms with Crippen LogP contribution in [0.1, 0.15) is 22.3 Å². The van der Waals surface area contributed by atoms with Crippen LogP contribution in [0.4, 0.5) is 0 Å². The average molecular weight is 382 g/mol. The third-order valence-electron chi connectivity index (χ3n) is 4.20. The molecular weight excluding hydrogens is 354 g/mol. The van der Waals surface area contributed by atoms with Gasteiger partial charge < -0.3 is 16.0 Å². The first-order valence-corrected chi connectivity index (χ1v) is 10.3. The molecule has 0 atom stereocenters. The van der Waals surface area contributed by atoms with Gasteiger partial charge in [-0.3, -0.25) is 9.79 Å². The molecule has 1 aliphatic heterocycles. The van der Waals surface area contributed by atoms with E-state index in [1.165, 1.54) is 4.31 Å². The Morgan fingerprint density at radius 1 is 1.27 bits per heavy atom. The number of carbonyl (C=O) groups excluding carboxylic acids is 1. The van der Waals surface area contributed by atoms with Crippen molar-refractivity contribution in [3.8, 4) is 0 Å². The standard InChI is InChI=1S/C17H27N5O3S/c1-18-16(23)15-6-3-5-14(13-15)7-8-20-17(19-2)21-9-11-22-10-4-12-26(22,24)25/h3,5-6,13H,4,7-12H2,1-2H3,(H,18,23)(H2,19,20,21). The van der Waals surface area contributed by atoms with Gasteiger partial charge in [0, 0.05) is 45.8 Å². The SMILES string of the molecule is CN=C(NCCc1cccc(C(=O)NC)c1)NCCN1CCCS1(=O)=O. The Hall–Kier alpha value is -2.13. The number of nitrogens with zero attached hydrogens (tertiary/aromatic N) is 2. The molecule has 3 N–H and O–H groups in total. The highest BCUT2D eigenvalue weighted by molar-refractivity contribution is 7.89. The van der Waals surface area contributed by atoms with Crippen LogP contribution in [0.3, 0.4) is 0 Å². The van der Waals surface area contributed by atoms with Gasteiger partial charge in [-0.05, 0) is 30.5 Å². The summed E-state index contributed by atoms with van der Waals surface area (Å²) in [4.78, 5) is 15.8. The van der Waals surface area contributed by atoms with E-state index in [2.05, 4.69) is 20.9 Å². The zero-order valence-corrected chi connectivity index (χ0v) is 16.1. The van der Waals surface area contributed by atoms with Gasteiger partial charge in [-0.25, -0.2) is 12.7 Å². The predicted octanol–water partition coefficient (Wildman–Crippen LogP) is -0.211. The molecular formula is C17H27N5O3S. The van der Waals surface area contributed by atoms with Gasteiger partial charge in [0.05, 0.1) is 5.75 Å². The van der Waals surface area contributed by atoms with E-state index in [4.69, 9.17) is 0 Å². The maximum Gasteiger partial charge on any atom is 0.251 e. The van der Waals surface area contributed by atoms with E-state index in [0.717, 1.165) is 12.0 Å². The summed E-state index contributed by atoms with van der Waals surface area (Å²) in [6.07, 6.45) is 1.44. The zero-order chi connectivity index (χ0) is 19.0. The summed E-state index contributed by atoms with van der Waals surface area (Å²) >= 11 is 0. The van der Waals surface area contributed by atoms with Crippen molar-refractivity contribution in [2.24, 2.45) is 4.99 Å². The van der Waals surface area contributed by atoms with Crippen molar-refractivity contribution in [3.63, 3.8) is 0 Å². The monoisotopic (exact) mass is 381 g/mol. The number of sulfonamides is 1. The molecule has 0 unspecified atom stereocenters. The summed E-state index contributed by atoms with van der Waals surface area (Å²) in [6.45, 7) is 2.19. The fraction of sp³-hybridized carbons (Fsp3) is 0.529. The molecule has 1 amide bonds. The van der Waals surface area contributed by atoms with E-state index in [9.17, 15) is 13.2 Å². The molecule has 0 aliphatic carbocycles. The molecule has 0 radical (unpaired) electrons. The lowest BCUT2D eigenvalue weighted by atomic mass is 10.1. The molecule has 0 spiro atoms. The van der Waals surface area contributed by atoms with Crippen LogP contribution in [0.15, 0.2) is 29.3 Å². The molecule has 1 aromatic rings. The first-order valence-electron chi connectivity index (χ1n) is 8.69. The number of aliphatic imine (C=N–C) groups is 1. The number of carbonyl (C=O) groups is 1. The lowest BCUT2D eigenvalue weighted by molar-refractivity contribution is 0.0963. The van der Waals surface area contributed by atoms with Crippen molar-refractivity contribution in [3.05, 3.63) is 35.4 Å². The summed E-state index contributed by atoms with van der Waals surface area (Å²) in [6, 6.07) is 7.49. The maximum absolute atomic E-state index is 11.8. The van der Waals surface area contributed by atoms with Crippen LogP contribution >= 0.6 is 0 Å². The van der Waals surface area contributed by atoms with Crippen molar-refractivity contribution in [2.45, 2.75) is 12.8 Å². The molecule has 2 rings (SSSR count). The summed E-state index contributed by atoms with van der Waals surface area (Å²) in [7, 11) is 0.228. The van der Waals surface area contributed by atoms with E-state index in [1.807, 2.05) is 18.2 Å². The highest BCUT2D eigenvalue weighted by Crippen LogP contribution is 2.11. The van der Waals surface area contributed by atoms with Gasteiger partial charge in [-0.15, -0.1) is 0 Å². The number of nitrogens with one attached hydrogen (secondary N) is 3. The van der Waals surface area contributed by atoms with Crippen molar-refractivity contribution in [1.82, 2.24) is 20.3 Å². The minimum Gasteiger partial charge on any atom is -0.356 e. The summed E-state index contributed by atoms with van der Waals surface area (Å²) in [5.74, 6) is 0.771. The minimum absolute atomic E-state index is 0.103. The fourth-order valence-electron chi connectivity index (χ4n) is 2.80. The molecule has 144 valence electrons. The second-order valence-electron chi connectivity index (χ2n) is 6.02. The molecule has 8 nitrogen and oxygen atoms in total. The lowest BCUT2D eigenvalue weighted by Gasteiger charge is -2.16. The minimum atomic E-state index is -3.06. The number of guanidine groups is 1. The third-order valence-corrected chi connectivity index (χ3v) is 6.16. The van der Waals surface area contributed by atoms with E-state index in [0.29, 0.717) is 44.1 Å². The van der Waals surface area contributed by atoms with Crippen LogP contribution in [0, 0.1) is 0 Å². The van der Waals surface area contributed by atoms with Gasteiger partial charge >= 0.3 is 0 Å². The Labute approximate surface area is 155 Å². The van der Waals surface area contributed by atoms with Crippen LogP contribution < -0.4 is 16.0 Å². The second-order valence-corrected chi connectivity index (χ2v) is 8.11. The largest absolute Gasteiger partial charge is 0.356 e. The van der Waals surface area contributed by atoms with Crippen LogP contribution in [0.5, 0.6) is 0 Å². The molecule has 9 heteroatoms. The van der Waals surface area contributed by atoms with Crippen molar-refractivity contribution >= 4 is 21.9 Å². The maximum atomic E-state index is 11.8. The molecule has 26 heavy (non-hydrogen) atoms. The van der Waals surface area contributed by atoms with Crippen molar-refractivity contribution < 1.29 is 13.2 Å². The molecule has 1 saturated heterocycles. The number of hydrogen-bond acceptors (Lipinski definition) is 4. The van der Waals surface area contributed by atoms with E-state index < -0.39 is 10.0 Å². The average Bonchev–Trinajstić information content (AvgIpc) is 2.98. The zero-order valence-electron chi connectivity index (χ0n) is 15.3. The number of hydrogen-bond donors (Lipinski definition) is 3. The van der Waals surface area contributed by atoms with E-state index in [-0.39, 0.29) is 11.7 Å². The second kappa shape index (κ2) is 9.54. The highest BCUT2D eigenvalue weighted by Gasteiger charge is 2.27. The first kappa shape index (κ1) is 20.2. The third kappa shape index (κ3) is 5.70. The van der Waals surface area contributed by atoms with E-state index >= 15 is 0 Å². The molecule has 1 fully saturated rings. The number of benzene rings is 1. The predicted molar refractivity (Wildman–Crippen MR) is 103 cm³/mol. The Bertz CT molecular complexity index is 749. The van der Waals surface area contributed by atoms with Crippen LogP contribution in [-0.2, 0) is 16.4 Å². The molecule has 0 aromatic heterocycles. The van der Waals surface area contributed by atoms with Gasteiger partial charge in [0.15, 0.2) is 5.96 Å². The fourth-order valence-corrected chi connectivity index (χ4v) is 4.33. The summed E-state index contributed by atoms with van der Waals surface area (Å²) < 4.78 is 25.0. The molecule has 1 aromatic carbocycles. The Morgan fingerprint density at radius 3 is 2.69 bits per heavy atom. The number of rotatable bonds is 7. The Kier molecular flexibility index (Phi) is 7.40. The smallest absolute Gasteiger partial charge is 0.251 e. The highest BCUT2D eigenvalue weighted by atomic mass is 32.2. The van der Waals surface area contributed by atoms with Crippen LogP contribution in [0.25, 0.3) is 0 Å². The Morgan fingerprint density at radius 2 is 2.04 bits per heavy atom. The van der Waals surface area contributed by atoms with Gasteiger partial charge in [-0.1, -0.05) is 12.1 Å². The lowest BCUT2D eigenvalue weighted by Crippen LogP contribution is -2.42. The Balaban J connectivity index is 1.74.